The van der Waals surface area contributed by atoms with Gasteiger partial charge in [-0.25, -0.2) is 13.6 Å². The third-order valence-corrected chi connectivity index (χ3v) is 3.73. The zero-order chi connectivity index (χ0) is 14.7. The van der Waals surface area contributed by atoms with Crippen molar-refractivity contribution in [3.05, 3.63) is 29.8 Å². The maximum absolute atomic E-state index is 13.1. The van der Waals surface area contributed by atoms with Crippen LogP contribution in [0.3, 0.4) is 0 Å². The number of nitrogens with one attached hydrogen (secondary N) is 1. The fourth-order valence-electron chi connectivity index (χ4n) is 2.55. The van der Waals surface area contributed by atoms with E-state index in [1.165, 1.54) is 6.07 Å². The SMILES string of the molecule is CC1CCCN(C(=O)Nc2ccc(F)c(F)c2)C1CO. The summed E-state index contributed by atoms with van der Waals surface area (Å²) in [7, 11) is 0. The third-order valence-electron chi connectivity index (χ3n) is 3.73. The number of aliphatic hydroxyl groups excluding tert-OH is 1. The predicted octanol–water partition coefficient (Wildman–Crippen LogP) is 2.59. The summed E-state index contributed by atoms with van der Waals surface area (Å²) in [6.07, 6.45) is 1.82. The highest BCUT2D eigenvalue weighted by Crippen LogP contribution is 2.24. The monoisotopic (exact) mass is 284 g/mol. The van der Waals surface area contributed by atoms with Crippen LogP contribution < -0.4 is 5.32 Å². The molecule has 1 saturated heterocycles. The summed E-state index contributed by atoms with van der Waals surface area (Å²) in [6, 6.07) is 2.56. The van der Waals surface area contributed by atoms with Crippen molar-refractivity contribution in [1.29, 1.82) is 0 Å². The van der Waals surface area contributed by atoms with Gasteiger partial charge in [0.05, 0.1) is 12.6 Å². The van der Waals surface area contributed by atoms with Crippen molar-refractivity contribution >= 4 is 11.7 Å². The Labute approximate surface area is 116 Å². The first kappa shape index (κ1) is 14.7. The Balaban J connectivity index is 2.08. The Bertz CT molecular complexity index is 496. The predicted molar refractivity (Wildman–Crippen MR) is 71.4 cm³/mol. The second kappa shape index (κ2) is 6.17. The van der Waals surface area contributed by atoms with Crippen molar-refractivity contribution in [2.24, 2.45) is 5.92 Å². The lowest BCUT2D eigenvalue weighted by Crippen LogP contribution is -2.51. The second-order valence-corrected chi connectivity index (χ2v) is 5.12. The average molecular weight is 284 g/mol. The lowest BCUT2D eigenvalue weighted by Gasteiger charge is -2.38. The van der Waals surface area contributed by atoms with Gasteiger partial charge in [0.25, 0.3) is 0 Å². The topological polar surface area (TPSA) is 52.6 Å². The molecule has 2 N–H and O–H groups in total. The van der Waals surface area contributed by atoms with Crippen LogP contribution in [-0.2, 0) is 0 Å². The lowest BCUT2D eigenvalue weighted by molar-refractivity contribution is 0.0811. The van der Waals surface area contributed by atoms with Crippen LogP contribution in [0.25, 0.3) is 0 Å². The van der Waals surface area contributed by atoms with Gasteiger partial charge in [0.1, 0.15) is 0 Å². The molecule has 2 rings (SSSR count). The molecule has 0 bridgehead atoms. The number of likely N-dealkylation sites (tertiary alicyclic amines) is 1. The number of amides is 2. The first-order valence-electron chi connectivity index (χ1n) is 6.66. The highest BCUT2D eigenvalue weighted by molar-refractivity contribution is 5.89. The molecule has 0 aliphatic carbocycles. The number of piperidine rings is 1. The van der Waals surface area contributed by atoms with E-state index in [-0.39, 0.29) is 24.3 Å². The molecule has 2 atom stereocenters. The van der Waals surface area contributed by atoms with E-state index in [0.717, 1.165) is 25.0 Å². The molecule has 1 aliphatic rings. The number of anilines is 1. The van der Waals surface area contributed by atoms with Crippen molar-refractivity contribution in [3.8, 4) is 0 Å². The number of benzene rings is 1. The molecule has 0 spiro atoms. The van der Waals surface area contributed by atoms with E-state index in [2.05, 4.69) is 5.32 Å². The molecule has 0 saturated carbocycles. The van der Waals surface area contributed by atoms with Gasteiger partial charge in [-0.3, -0.25) is 0 Å². The highest BCUT2D eigenvalue weighted by Gasteiger charge is 2.31. The molecule has 1 aliphatic heterocycles. The summed E-state index contributed by atoms with van der Waals surface area (Å²) in [4.78, 5) is 13.7. The molecule has 1 fully saturated rings. The summed E-state index contributed by atoms with van der Waals surface area (Å²) in [5.41, 5.74) is 0.198. The molecule has 4 nitrogen and oxygen atoms in total. The molecule has 1 aromatic carbocycles. The van der Waals surface area contributed by atoms with Gasteiger partial charge in [0, 0.05) is 18.3 Å². The second-order valence-electron chi connectivity index (χ2n) is 5.12. The number of aliphatic hydroxyl groups is 1. The Kier molecular flexibility index (Phi) is 4.54. The largest absolute Gasteiger partial charge is 0.394 e. The van der Waals surface area contributed by atoms with E-state index in [1.807, 2.05) is 6.92 Å². The van der Waals surface area contributed by atoms with Crippen LogP contribution in [0, 0.1) is 17.6 Å². The molecule has 2 unspecified atom stereocenters. The first-order chi connectivity index (χ1) is 9.52. The van der Waals surface area contributed by atoms with Crippen molar-refractivity contribution in [2.45, 2.75) is 25.8 Å². The van der Waals surface area contributed by atoms with Crippen LogP contribution in [-0.4, -0.2) is 35.2 Å². The van der Waals surface area contributed by atoms with Crippen molar-refractivity contribution in [2.75, 3.05) is 18.5 Å². The first-order valence-corrected chi connectivity index (χ1v) is 6.66. The number of carbonyl (C=O) groups is 1. The van der Waals surface area contributed by atoms with E-state index < -0.39 is 17.7 Å². The van der Waals surface area contributed by atoms with E-state index >= 15 is 0 Å². The van der Waals surface area contributed by atoms with Gasteiger partial charge in [-0.1, -0.05) is 6.92 Å². The van der Waals surface area contributed by atoms with Crippen molar-refractivity contribution in [1.82, 2.24) is 4.90 Å². The van der Waals surface area contributed by atoms with Crippen LogP contribution in [0.5, 0.6) is 0 Å². The van der Waals surface area contributed by atoms with Gasteiger partial charge < -0.3 is 15.3 Å². The van der Waals surface area contributed by atoms with Gasteiger partial charge in [-0.15, -0.1) is 0 Å². The smallest absolute Gasteiger partial charge is 0.322 e. The fourth-order valence-corrected chi connectivity index (χ4v) is 2.55. The maximum Gasteiger partial charge on any atom is 0.322 e. The quantitative estimate of drug-likeness (QED) is 0.877. The number of rotatable bonds is 2. The molecule has 0 aromatic heterocycles. The fraction of sp³-hybridized carbons (Fsp3) is 0.500. The molecule has 110 valence electrons. The van der Waals surface area contributed by atoms with Gasteiger partial charge in [-0.05, 0) is 30.9 Å². The van der Waals surface area contributed by atoms with Crippen LogP contribution in [0.15, 0.2) is 18.2 Å². The minimum atomic E-state index is -1.01. The van der Waals surface area contributed by atoms with Crippen LogP contribution in [0.4, 0.5) is 19.3 Å². The molecule has 2 amide bonds. The normalized spacial score (nSPS) is 22.7. The van der Waals surface area contributed by atoms with Gasteiger partial charge in [0.15, 0.2) is 11.6 Å². The molecule has 1 heterocycles. The Morgan fingerprint density at radius 3 is 2.85 bits per heavy atom. The summed E-state index contributed by atoms with van der Waals surface area (Å²) < 4.78 is 25.9. The van der Waals surface area contributed by atoms with Gasteiger partial charge in [-0.2, -0.15) is 0 Å². The van der Waals surface area contributed by atoms with E-state index in [1.54, 1.807) is 4.90 Å². The number of carbonyl (C=O) groups excluding carboxylic acids is 1. The molecular formula is C14H18F2N2O2. The Morgan fingerprint density at radius 1 is 1.45 bits per heavy atom. The minimum Gasteiger partial charge on any atom is -0.394 e. The molecule has 20 heavy (non-hydrogen) atoms. The molecular weight excluding hydrogens is 266 g/mol. The summed E-state index contributed by atoms with van der Waals surface area (Å²) in [5, 5.41) is 11.9. The van der Waals surface area contributed by atoms with Crippen LogP contribution in [0.1, 0.15) is 19.8 Å². The number of nitrogens with zero attached hydrogens (tertiary/aromatic N) is 1. The van der Waals surface area contributed by atoms with E-state index in [9.17, 15) is 18.7 Å². The molecule has 6 heteroatoms. The minimum absolute atomic E-state index is 0.105. The third kappa shape index (κ3) is 3.07. The number of hydrogen-bond donors (Lipinski definition) is 2. The van der Waals surface area contributed by atoms with Gasteiger partial charge in [0.2, 0.25) is 0 Å². The van der Waals surface area contributed by atoms with E-state index in [4.69, 9.17) is 0 Å². The average Bonchev–Trinajstić information content (AvgIpc) is 2.42. The van der Waals surface area contributed by atoms with Crippen LogP contribution >= 0.6 is 0 Å². The Hall–Kier alpha value is -1.69. The number of halogens is 2. The number of urea groups is 1. The standard InChI is InChI=1S/C14H18F2N2O2/c1-9-3-2-6-18(13(9)8-19)14(20)17-10-4-5-11(15)12(16)7-10/h4-5,7,9,13,19H,2-3,6,8H2,1H3,(H,17,20). The summed E-state index contributed by atoms with van der Waals surface area (Å²) in [5.74, 6) is -1.75. The summed E-state index contributed by atoms with van der Waals surface area (Å²) >= 11 is 0. The van der Waals surface area contributed by atoms with E-state index in [0.29, 0.717) is 6.54 Å². The lowest BCUT2D eigenvalue weighted by atomic mass is 9.91. The molecule has 1 aromatic rings. The van der Waals surface area contributed by atoms with Crippen LogP contribution in [0.2, 0.25) is 0 Å². The van der Waals surface area contributed by atoms with Crippen molar-refractivity contribution in [3.63, 3.8) is 0 Å². The zero-order valence-corrected chi connectivity index (χ0v) is 11.3. The molecule has 0 radical (unpaired) electrons. The maximum atomic E-state index is 13.1. The van der Waals surface area contributed by atoms with Gasteiger partial charge >= 0.3 is 6.03 Å². The summed E-state index contributed by atoms with van der Waals surface area (Å²) in [6.45, 7) is 2.43. The van der Waals surface area contributed by atoms with Crippen molar-refractivity contribution < 1.29 is 18.7 Å². The zero-order valence-electron chi connectivity index (χ0n) is 11.3. The number of hydrogen-bond acceptors (Lipinski definition) is 2. The Morgan fingerprint density at radius 2 is 2.20 bits per heavy atom. The highest BCUT2D eigenvalue weighted by atomic mass is 19.2.